The van der Waals surface area contributed by atoms with Crippen molar-refractivity contribution < 1.29 is 9.59 Å². The van der Waals surface area contributed by atoms with E-state index in [0.717, 1.165) is 11.3 Å². The number of thioether (sulfide) groups is 1. The lowest BCUT2D eigenvalue weighted by molar-refractivity contribution is -0.121. The van der Waals surface area contributed by atoms with E-state index in [9.17, 15) is 14.4 Å². The van der Waals surface area contributed by atoms with Crippen molar-refractivity contribution in [3.05, 3.63) is 82.0 Å². The first-order valence-corrected chi connectivity index (χ1v) is 11.0. The zero-order chi connectivity index (χ0) is 21.8. The Hall–Kier alpha value is -3.40. The van der Waals surface area contributed by atoms with Gasteiger partial charge in [-0.05, 0) is 23.8 Å². The molecule has 1 saturated heterocycles. The van der Waals surface area contributed by atoms with Crippen LogP contribution in [0.5, 0.6) is 0 Å². The minimum atomic E-state index is -0.589. The Morgan fingerprint density at radius 2 is 2.03 bits per heavy atom. The Bertz CT molecular complexity index is 1160. The van der Waals surface area contributed by atoms with Crippen molar-refractivity contribution in [2.45, 2.75) is 19.1 Å². The number of benzene rings is 1. The number of nitrogens with two attached hydrogens (primary N) is 1. The standard InChI is InChI=1S/C21H22N6O3S/c22-20(29)18-14-31-9-8-27(18)21(30)16-5-3-4-15(10-16)11-26-13-17(23-24-26)12-25-7-2-1-6-19(25)28/h1-7,10,13,18H,8-9,11-12,14H2,(H2,22,29). The van der Waals surface area contributed by atoms with Crippen LogP contribution in [0.4, 0.5) is 0 Å². The Kier molecular flexibility index (Phi) is 6.17. The Labute approximate surface area is 182 Å². The van der Waals surface area contributed by atoms with Crippen LogP contribution in [0.3, 0.4) is 0 Å². The summed E-state index contributed by atoms with van der Waals surface area (Å²) in [5, 5.41) is 8.26. The SMILES string of the molecule is NC(=O)C1CSCCN1C(=O)c1cccc(Cn2cc(Cn3ccccc3=O)nn2)c1. The highest BCUT2D eigenvalue weighted by atomic mass is 32.2. The molecule has 0 saturated carbocycles. The van der Waals surface area contributed by atoms with Crippen molar-refractivity contribution in [1.82, 2.24) is 24.5 Å². The zero-order valence-corrected chi connectivity index (χ0v) is 17.6. The molecule has 3 aromatic rings. The molecule has 9 nitrogen and oxygen atoms in total. The molecule has 1 aromatic carbocycles. The minimum absolute atomic E-state index is 0.103. The molecule has 1 atom stereocenters. The molecular weight excluding hydrogens is 416 g/mol. The van der Waals surface area contributed by atoms with E-state index in [0.29, 0.717) is 36.6 Å². The first-order valence-electron chi connectivity index (χ1n) is 9.83. The van der Waals surface area contributed by atoms with Gasteiger partial charge in [-0.25, -0.2) is 4.68 Å². The number of nitrogens with zero attached hydrogens (tertiary/aromatic N) is 5. The van der Waals surface area contributed by atoms with Crippen LogP contribution in [-0.2, 0) is 17.9 Å². The first-order chi connectivity index (χ1) is 15.0. The number of hydrogen-bond acceptors (Lipinski definition) is 6. The van der Waals surface area contributed by atoms with Crippen molar-refractivity contribution >= 4 is 23.6 Å². The molecule has 0 spiro atoms. The van der Waals surface area contributed by atoms with Crippen LogP contribution in [0.25, 0.3) is 0 Å². The van der Waals surface area contributed by atoms with E-state index < -0.39 is 11.9 Å². The van der Waals surface area contributed by atoms with Crippen molar-refractivity contribution in [1.29, 1.82) is 0 Å². The Morgan fingerprint density at radius 3 is 2.84 bits per heavy atom. The molecule has 2 N–H and O–H groups in total. The van der Waals surface area contributed by atoms with Crippen molar-refractivity contribution in [2.75, 3.05) is 18.1 Å². The second kappa shape index (κ2) is 9.17. The molecule has 2 aromatic heterocycles. The lowest BCUT2D eigenvalue weighted by Crippen LogP contribution is -2.52. The van der Waals surface area contributed by atoms with Gasteiger partial charge in [0, 0.05) is 35.9 Å². The van der Waals surface area contributed by atoms with Gasteiger partial charge in [-0.15, -0.1) is 5.10 Å². The van der Waals surface area contributed by atoms with Gasteiger partial charge < -0.3 is 15.2 Å². The molecule has 1 fully saturated rings. The molecule has 0 aliphatic carbocycles. The second-order valence-corrected chi connectivity index (χ2v) is 8.42. The normalized spacial score (nSPS) is 16.3. The molecule has 4 rings (SSSR count). The van der Waals surface area contributed by atoms with Gasteiger partial charge >= 0.3 is 0 Å². The highest BCUT2D eigenvalue weighted by molar-refractivity contribution is 7.99. The molecule has 0 radical (unpaired) electrons. The molecule has 0 bridgehead atoms. The predicted octanol–water partition coefficient (Wildman–Crippen LogP) is 0.579. The predicted molar refractivity (Wildman–Crippen MR) is 117 cm³/mol. The molecule has 160 valence electrons. The average molecular weight is 439 g/mol. The van der Waals surface area contributed by atoms with E-state index >= 15 is 0 Å². The largest absolute Gasteiger partial charge is 0.368 e. The summed E-state index contributed by atoms with van der Waals surface area (Å²) in [4.78, 5) is 38.2. The van der Waals surface area contributed by atoms with Crippen molar-refractivity contribution in [3.63, 3.8) is 0 Å². The molecule has 2 amide bonds. The summed E-state index contributed by atoms with van der Waals surface area (Å²) in [7, 11) is 0. The van der Waals surface area contributed by atoms with Gasteiger partial charge in [-0.3, -0.25) is 14.4 Å². The quantitative estimate of drug-likeness (QED) is 0.602. The van der Waals surface area contributed by atoms with Crippen LogP contribution >= 0.6 is 11.8 Å². The van der Waals surface area contributed by atoms with Crippen LogP contribution in [0.1, 0.15) is 21.6 Å². The number of primary amides is 1. The molecule has 3 heterocycles. The molecule has 10 heteroatoms. The fraction of sp³-hybridized carbons (Fsp3) is 0.286. The van der Waals surface area contributed by atoms with E-state index in [2.05, 4.69) is 10.3 Å². The smallest absolute Gasteiger partial charge is 0.254 e. The maximum absolute atomic E-state index is 13.0. The number of carbonyl (C=O) groups excluding carboxylic acids is 2. The van der Waals surface area contributed by atoms with Gasteiger partial charge in [-0.1, -0.05) is 23.4 Å². The minimum Gasteiger partial charge on any atom is -0.368 e. The highest BCUT2D eigenvalue weighted by Gasteiger charge is 2.31. The van der Waals surface area contributed by atoms with Gasteiger partial charge in [0.2, 0.25) is 5.91 Å². The van der Waals surface area contributed by atoms with E-state index in [1.807, 2.05) is 12.1 Å². The van der Waals surface area contributed by atoms with Gasteiger partial charge in [0.1, 0.15) is 11.7 Å². The summed E-state index contributed by atoms with van der Waals surface area (Å²) < 4.78 is 3.22. The van der Waals surface area contributed by atoms with E-state index in [-0.39, 0.29) is 11.5 Å². The van der Waals surface area contributed by atoms with E-state index in [1.165, 1.54) is 6.07 Å². The van der Waals surface area contributed by atoms with E-state index in [1.54, 1.807) is 62.6 Å². The fourth-order valence-electron chi connectivity index (χ4n) is 3.49. The van der Waals surface area contributed by atoms with Crippen LogP contribution in [0.2, 0.25) is 0 Å². The molecule has 1 aliphatic heterocycles. The summed E-state index contributed by atoms with van der Waals surface area (Å²) in [6.45, 7) is 1.25. The number of carbonyl (C=O) groups is 2. The number of aromatic nitrogens is 4. The molecule has 31 heavy (non-hydrogen) atoms. The lowest BCUT2D eigenvalue weighted by atomic mass is 10.1. The van der Waals surface area contributed by atoms with Gasteiger partial charge in [0.15, 0.2) is 0 Å². The van der Waals surface area contributed by atoms with Crippen molar-refractivity contribution in [3.8, 4) is 0 Å². The molecular formula is C21H22N6O3S. The average Bonchev–Trinajstić information content (AvgIpc) is 3.21. The van der Waals surface area contributed by atoms with Crippen molar-refractivity contribution in [2.24, 2.45) is 5.73 Å². The van der Waals surface area contributed by atoms with Crippen LogP contribution in [0, 0.1) is 0 Å². The number of rotatable bonds is 6. The fourth-order valence-corrected chi connectivity index (χ4v) is 4.55. The van der Waals surface area contributed by atoms with Crippen LogP contribution in [0.15, 0.2) is 59.7 Å². The summed E-state index contributed by atoms with van der Waals surface area (Å²) >= 11 is 1.62. The number of hydrogen-bond donors (Lipinski definition) is 1. The third kappa shape index (κ3) is 4.85. The van der Waals surface area contributed by atoms with E-state index in [4.69, 9.17) is 5.73 Å². The lowest BCUT2D eigenvalue weighted by Gasteiger charge is -2.33. The molecule has 1 aliphatic rings. The van der Waals surface area contributed by atoms with Crippen LogP contribution in [-0.4, -0.2) is 60.4 Å². The third-order valence-electron chi connectivity index (χ3n) is 5.05. The third-order valence-corrected chi connectivity index (χ3v) is 6.08. The summed E-state index contributed by atoms with van der Waals surface area (Å²) in [6.07, 6.45) is 3.48. The highest BCUT2D eigenvalue weighted by Crippen LogP contribution is 2.19. The number of pyridine rings is 1. The zero-order valence-electron chi connectivity index (χ0n) is 16.8. The molecule has 1 unspecified atom stereocenters. The maximum Gasteiger partial charge on any atom is 0.254 e. The number of amides is 2. The van der Waals surface area contributed by atoms with Gasteiger partial charge in [0.25, 0.3) is 11.5 Å². The van der Waals surface area contributed by atoms with Crippen LogP contribution < -0.4 is 11.3 Å². The Balaban J connectivity index is 1.47. The summed E-state index contributed by atoms with van der Waals surface area (Å²) in [5.74, 6) is 0.618. The topological polar surface area (TPSA) is 116 Å². The summed E-state index contributed by atoms with van der Waals surface area (Å²) in [6, 6.07) is 11.6. The monoisotopic (exact) mass is 438 g/mol. The summed E-state index contributed by atoms with van der Waals surface area (Å²) in [5.41, 5.74) is 7.43. The van der Waals surface area contributed by atoms with Gasteiger partial charge in [-0.2, -0.15) is 11.8 Å². The second-order valence-electron chi connectivity index (χ2n) is 7.27. The van der Waals surface area contributed by atoms with Gasteiger partial charge in [0.05, 0.1) is 19.3 Å². The first kappa shape index (κ1) is 20.9. The maximum atomic E-state index is 13.0. The Morgan fingerprint density at radius 1 is 1.16 bits per heavy atom.